The van der Waals surface area contributed by atoms with Crippen molar-refractivity contribution in [2.75, 3.05) is 12.0 Å². The molecule has 3 unspecified atom stereocenters. The molecular formula is C25H39N3O4S. The highest BCUT2D eigenvalue weighted by atomic mass is 32.2. The number of hydrogen-bond donors (Lipinski definition) is 3. The molecule has 3 N–H and O–H groups in total. The summed E-state index contributed by atoms with van der Waals surface area (Å²) in [5, 5.41) is 8.37. The number of thioether (sulfide) groups is 1. The lowest BCUT2D eigenvalue weighted by atomic mass is 9.94. The van der Waals surface area contributed by atoms with E-state index in [2.05, 4.69) is 16.0 Å². The lowest BCUT2D eigenvalue weighted by Gasteiger charge is -2.26. The van der Waals surface area contributed by atoms with Crippen LogP contribution in [0.5, 0.6) is 0 Å². The van der Waals surface area contributed by atoms with Gasteiger partial charge in [0, 0.05) is 12.8 Å². The molecule has 0 aliphatic heterocycles. The van der Waals surface area contributed by atoms with Crippen LogP contribution in [0.3, 0.4) is 0 Å². The second kappa shape index (κ2) is 14.7. The van der Waals surface area contributed by atoms with Gasteiger partial charge in [0.05, 0.1) is 6.04 Å². The fourth-order valence-electron chi connectivity index (χ4n) is 3.47. The van der Waals surface area contributed by atoms with E-state index in [1.165, 1.54) is 6.92 Å². The van der Waals surface area contributed by atoms with Gasteiger partial charge in [0.1, 0.15) is 12.1 Å². The predicted molar refractivity (Wildman–Crippen MR) is 134 cm³/mol. The van der Waals surface area contributed by atoms with Crippen molar-refractivity contribution in [2.24, 2.45) is 11.8 Å². The lowest BCUT2D eigenvalue weighted by Crippen LogP contribution is -2.56. The van der Waals surface area contributed by atoms with Crippen LogP contribution in [0.25, 0.3) is 0 Å². The van der Waals surface area contributed by atoms with Crippen LogP contribution in [0.2, 0.25) is 0 Å². The molecule has 184 valence electrons. The summed E-state index contributed by atoms with van der Waals surface area (Å²) in [4.78, 5) is 50.6. The van der Waals surface area contributed by atoms with Crippen LogP contribution in [0.15, 0.2) is 30.3 Å². The summed E-state index contributed by atoms with van der Waals surface area (Å²) in [6, 6.07) is 7.33. The maximum absolute atomic E-state index is 13.2. The predicted octanol–water partition coefficient (Wildman–Crippen LogP) is 2.73. The maximum atomic E-state index is 13.2. The second-order valence-electron chi connectivity index (χ2n) is 9.03. The number of rotatable bonds is 14. The number of Topliss-reactive ketones (excluding diaryl/α,β-unsaturated/α-hetero) is 1. The molecule has 33 heavy (non-hydrogen) atoms. The Hall–Kier alpha value is -2.35. The van der Waals surface area contributed by atoms with Gasteiger partial charge in [-0.2, -0.15) is 11.8 Å². The highest BCUT2D eigenvalue weighted by molar-refractivity contribution is 7.98. The van der Waals surface area contributed by atoms with Crippen molar-refractivity contribution in [3.8, 4) is 0 Å². The summed E-state index contributed by atoms with van der Waals surface area (Å²) < 4.78 is 0. The molecule has 1 aromatic carbocycles. The van der Waals surface area contributed by atoms with Gasteiger partial charge in [-0.25, -0.2) is 0 Å². The van der Waals surface area contributed by atoms with Crippen LogP contribution in [-0.2, 0) is 25.6 Å². The molecule has 0 heterocycles. The van der Waals surface area contributed by atoms with E-state index >= 15 is 0 Å². The average molecular weight is 478 g/mol. The van der Waals surface area contributed by atoms with Crippen LogP contribution in [-0.4, -0.2) is 53.6 Å². The largest absolute Gasteiger partial charge is 0.345 e. The fourth-order valence-corrected chi connectivity index (χ4v) is 3.94. The van der Waals surface area contributed by atoms with Crippen molar-refractivity contribution >= 4 is 35.3 Å². The van der Waals surface area contributed by atoms with Gasteiger partial charge in [-0.3, -0.25) is 19.2 Å². The van der Waals surface area contributed by atoms with Gasteiger partial charge in [0.2, 0.25) is 17.7 Å². The molecule has 0 aliphatic rings. The maximum Gasteiger partial charge on any atom is 0.243 e. The lowest BCUT2D eigenvalue weighted by molar-refractivity contribution is -0.134. The van der Waals surface area contributed by atoms with E-state index in [4.69, 9.17) is 0 Å². The van der Waals surface area contributed by atoms with Crippen molar-refractivity contribution in [3.05, 3.63) is 35.9 Å². The summed E-state index contributed by atoms with van der Waals surface area (Å²) in [7, 11) is 0. The Balaban J connectivity index is 3.02. The summed E-state index contributed by atoms with van der Waals surface area (Å²) in [5.41, 5.74) is 0.948. The quantitative estimate of drug-likeness (QED) is 0.382. The minimum Gasteiger partial charge on any atom is -0.345 e. The van der Waals surface area contributed by atoms with E-state index in [1.807, 2.05) is 64.3 Å². The Bertz CT molecular complexity index is 783. The Morgan fingerprint density at radius 3 is 1.94 bits per heavy atom. The van der Waals surface area contributed by atoms with Crippen LogP contribution in [0, 0.1) is 11.8 Å². The number of benzene rings is 1. The summed E-state index contributed by atoms with van der Waals surface area (Å²) in [6.07, 6.45) is 3.19. The van der Waals surface area contributed by atoms with Gasteiger partial charge in [0.15, 0.2) is 5.78 Å². The molecule has 8 heteroatoms. The summed E-state index contributed by atoms with van der Waals surface area (Å²) in [5.74, 6) is -0.549. The average Bonchev–Trinajstić information content (AvgIpc) is 2.75. The van der Waals surface area contributed by atoms with E-state index in [-0.39, 0.29) is 23.5 Å². The first-order valence-electron chi connectivity index (χ1n) is 11.5. The monoisotopic (exact) mass is 477 g/mol. The third kappa shape index (κ3) is 10.9. The standard InChI is InChI=1S/C25H39N3O4S/c1-16(2)14-22(28-24(31)20(12-13-33-6)26-18(5)29)25(32)27-21(23(30)17(3)4)15-19-10-8-7-9-11-19/h7-11,16-17,20-22H,12-15H2,1-6H3,(H,26,29)(H,27,32)(H,28,31). The third-order valence-corrected chi connectivity index (χ3v) is 5.80. The summed E-state index contributed by atoms with van der Waals surface area (Å²) >= 11 is 1.58. The molecule has 3 atom stereocenters. The first-order chi connectivity index (χ1) is 15.5. The number of carbonyl (C=O) groups excluding carboxylic acids is 4. The highest BCUT2D eigenvalue weighted by Crippen LogP contribution is 2.11. The smallest absolute Gasteiger partial charge is 0.243 e. The molecule has 0 saturated heterocycles. The van der Waals surface area contributed by atoms with Crippen LogP contribution in [0.4, 0.5) is 0 Å². The van der Waals surface area contributed by atoms with Crippen LogP contribution in [0.1, 0.15) is 53.0 Å². The molecule has 1 aromatic rings. The number of ketones is 1. The minimum absolute atomic E-state index is 0.0575. The minimum atomic E-state index is -0.804. The van der Waals surface area contributed by atoms with Crippen molar-refractivity contribution in [2.45, 2.75) is 72.0 Å². The Labute approximate surface area is 202 Å². The molecule has 0 radical (unpaired) electrons. The zero-order valence-electron chi connectivity index (χ0n) is 20.6. The van der Waals surface area contributed by atoms with Crippen molar-refractivity contribution < 1.29 is 19.2 Å². The highest BCUT2D eigenvalue weighted by Gasteiger charge is 2.30. The van der Waals surface area contributed by atoms with Crippen LogP contribution < -0.4 is 16.0 Å². The fraction of sp³-hybridized carbons (Fsp3) is 0.600. The first kappa shape index (κ1) is 28.7. The van der Waals surface area contributed by atoms with Gasteiger partial charge in [-0.15, -0.1) is 0 Å². The zero-order chi connectivity index (χ0) is 25.0. The molecule has 3 amide bonds. The van der Waals surface area contributed by atoms with Gasteiger partial charge in [0.25, 0.3) is 0 Å². The van der Waals surface area contributed by atoms with Crippen molar-refractivity contribution in [1.29, 1.82) is 0 Å². The topological polar surface area (TPSA) is 104 Å². The van der Waals surface area contributed by atoms with Crippen molar-refractivity contribution in [1.82, 2.24) is 16.0 Å². The van der Waals surface area contributed by atoms with E-state index in [0.717, 1.165) is 5.56 Å². The Morgan fingerprint density at radius 1 is 0.848 bits per heavy atom. The van der Waals surface area contributed by atoms with E-state index in [0.29, 0.717) is 25.0 Å². The zero-order valence-corrected chi connectivity index (χ0v) is 21.5. The number of amides is 3. The number of carbonyl (C=O) groups is 4. The van der Waals surface area contributed by atoms with Gasteiger partial charge in [-0.05, 0) is 42.8 Å². The molecule has 0 aliphatic carbocycles. The van der Waals surface area contributed by atoms with Gasteiger partial charge >= 0.3 is 0 Å². The molecule has 0 spiro atoms. The Morgan fingerprint density at radius 2 is 1.42 bits per heavy atom. The SMILES string of the molecule is CSCCC(NC(C)=O)C(=O)NC(CC(C)C)C(=O)NC(Cc1ccccc1)C(=O)C(C)C. The molecule has 0 bridgehead atoms. The first-order valence-corrected chi connectivity index (χ1v) is 12.9. The molecular weight excluding hydrogens is 438 g/mol. The van der Waals surface area contributed by atoms with Gasteiger partial charge < -0.3 is 16.0 Å². The molecule has 1 rings (SSSR count). The van der Waals surface area contributed by atoms with Gasteiger partial charge in [-0.1, -0.05) is 58.0 Å². The van der Waals surface area contributed by atoms with E-state index in [1.54, 1.807) is 11.8 Å². The third-order valence-electron chi connectivity index (χ3n) is 5.16. The van der Waals surface area contributed by atoms with Crippen LogP contribution >= 0.6 is 11.8 Å². The second-order valence-corrected chi connectivity index (χ2v) is 10.0. The van der Waals surface area contributed by atoms with E-state index < -0.39 is 29.9 Å². The number of hydrogen-bond acceptors (Lipinski definition) is 5. The van der Waals surface area contributed by atoms with Crippen molar-refractivity contribution in [3.63, 3.8) is 0 Å². The molecule has 7 nitrogen and oxygen atoms in total. The summed E-state index contributed by atoms with van der Waals surface area (Å²) in [6.45, 7) is 8.91. The molecule has 0 fully saturated rings. The molecule has 0 aromatic heterocycles. The normalized spacial score (nSPS) is 13.8. The number of nitrogens with one attached hydrogen (secondary N) is 3. The van der Waals surface area contributed by atoms with E-state index in [9.17, 15) is 19.2 Å². The molecule has 0 saturated carbocycles. The Kier molecular flexibility index (Phi) is 12.8.